The first-order valence-electron chi connectivity index (χ1n) is 50.6. The van der Waals surface area contributed by atoms with Crippen LogP contribution in [0.2, 0.25) is 0 Å². The maximum Gasteiger partial charge on any atom is 0.0641 e. The largest absolute Gasteiger partial charge is 0.309 e. The molecule has 28 aromatic rings. The summed E-state index contributed by atoms with van der Waals surface area (Å²) in [4.78, 5) is 0. The van der Waals surface area contributed by atoms with Crippen molar-refractivity contribution in [3.63, 3.8) is 0 Å². The lowest BCUT2D eigenvalue weighted by molar-refractivity contribution is 0.590. The zero-order chi connectivity index (χ0) is 97.8. The maximum absolute atomic E-state index is 2.46. The van der Waals surface area contributed by atoms with Crippen molar-refractivity contribution in [2.45, 2.75) is 105 Å². The lowest BCUT2D eigenvalue weighted by atomic mass is 9.86. The third-order valence-corrected chi connectivity index (χ3v) is 29.9. The van der Waals surface area contributed by atoms with Gasteiger partial charge in [-0.15, -0.1) is 0 Å². The van der Waals surface area contributed by atoms with Crippen LogP contribution in [0.4, 0.5) is 0 Å². The molecule has 0 unspecified atom stereocenters. The molecular formula is C136H112N8. The van der Waals surface area contributed by atoms with Crippen molar-refractivity contribution < 1.29 is 0 Å². The van der Waals surface area contributed by atoms with Crippen molar-refractivity contribution in [3.8, 4) is 45.5 Å². The van der Waals surface area contributed by atoms with E-state index in [0.29, 0.717) is 0 Å². The van der Waals surface area contributed by atoms with Crippen LogP contribution in [0, 0.1) is 0 Å². The molecule has 0 N–H and O–H groups in total. The monoisotopic (exact) mass is 1860 g/mol. The number of fused-ring (bicyclic) bond motifs is 28. The smallest absolute Gasteiger partial charge is 0.0641 e. The minimum absolute atomic E-state index is 0.0649. The summed E-state index contributed by atoms with van der Waals surface area (Å²) in [6, 6.07) is 168. The molecule has 20 aromatic carbocycles. The van der Waals surface area contributed by atoms with E-state index in [9.17, 15) is 0 Å². The van der Waals surface area contributed by atoms with Crippen LogP contribution in [0.5, 0.6) is 0 Å². The van der Waals surface area contributed by atoms with E-state index in [1.165, 1.54) is 242 Å². The van der Waals surface area contributed by atoms with Gasteiger partial charge in [-0.1, -0.05) is 362 Å². The highest BCUT2D eigenvalue weighted by atomic mass is 15.1. The molecule has 8 heteroatoms. The Morgan fingerprint density at radius 2 is 0.292 bits per heavy atom. The van der Waals surface area contributed by atoms with E-state index in [0.717, 1.165) is 0 Å². The van der Waals surface area contributed by atoms with Gasteiger partial charge in [0, 0.05) is 132 Å². The maximum atomic E-state index is 2.46. The topological polar surface area (TPSA) is 39.4 Å². The van der Waals surface area contributed by atoms with Gasteiger partial charge in [0.15, 0.2) is 0 Å². The molecule has 8 aromatic heterocycles. The second kappa shape index (κ2) is 34.4. The summed E-state index contributed by atoms with van der Waals surface area (Å²) in [5.41, 5.74) is 35.1. The molecule has 8 heterocycles. The number of benzene rings is 20. The first kappa shape index (κ1) is 88.2. The fraction of sp³-hybridized carbons (Fsp3) is 0.118. The molecule has 0 saturated heterocycles. The highest BCUT2D eigenvalue weighted by molar-refractivity contribution is 6.31. The van der Waals surface area contributed by atoms with Gasteiger partial charge in [-0.3, -0.25) is 0 Å². The predicted molar refractivity (Wildman–Crippen MR) is 615 cm³/mol. The zero-order valence-electron chi connectivity index (χ0n) is 83.5. The second-order valence-corrected chi connectivity index (χ2v) is 42.8. The molecule has 0 bridgehead atoms. The Hall–Kier alpha value is -17.2. The van der Waals surface area contributed by atoms with Gasteiger partial charge in [-0.2, -0.15) is 0 Å². The lowest BCUT2D eigenvalue weighted by Crippen LogP contribution is -2.10. The van der Waals surface area contributed by atoms with Gasteiger partial charge >= 0.3 is 0 Å². The molecule has 0 aliphatic heterocycles. The molecule has 0 spiro atoms. The van der Waals surface area contributed by atoms with Crippen molar-refractivity contribution in [1.82, 2.24) is 36.5 Å². The highest BCUT2D eigenvalue weighted by Gasteiger charge is 2.30. The zero-order valence-corrected chi connectivity index (χ0v) is 83.5. The van der Waals surface area contributed by atoms with E-state index in [1.54, 1.807) is 0 Å². The second-order valence-electron chi connectivity index (χ2n) is 42.8. The standard InChI is InChI=1S/4C34H28N2/c1-34(2,3)23-18-20-30-28(22-23)26-19-21-31-32(33(26)36(30)25-14-8-5-9-15-25)27-16-10-11-17-29(27)35(31)24-12-6-4-7-13-24;1-34(2,3)23-18-20-30-28(22-23)32-31(35(30)24-12-6-4-7-13-24)21-19-27-26-16-10-11-17-29(26)36(33(27)32)25-14-8-5-9-15-25;1-34(2,3)23-17-19-25(20-18-23)35-30-16-10-8-14-28(30)32-31(35)22-21-27-26-13-7-9-15-29(26)36(33(27)32)24-11-5-4-6-12-24;1-34(2,3)23-17-19-25(20-18-23)36-29-15-9-7-13-26(29)27-21-22-31-32(33(27)36)28-14-8-10-16-30(28)35(31)24-11-5-4-6-12-24/h4*4-22H,1-3H3. The van der Waals surface area contributed by atoms with Crippen LogP contribution in [0.25, 0.3) is 220 Å². The van der Waals surface area contributed by atoms with E-state index in [2.05, 4.69) is 581 Å². The number of para-hydroxylation sites is 12. The number of hydrogen-bond donors (Lipinski definition) is 0. The van der Waals surface area contributed by atoms with Crippen LogP contribution < -0.4 is 0 Å². The van der Waals surface area contributed by atoms with Gasteiger partial charge in [0.25, 0.3) is 0 Å². The van der Waals surface area contributed by atoms with Gasteiger partial charge < -0.3 is 36.5 Å². The first-order valence-corrected chi connectivity index (χ1v) is 50.6. The predicted octanol–water partition coefficient (Wildman–Crippen LogP) is 36.7. The summed E-state index contributed by atoms with van der Waals surface area (Å²) in [7, 11) is 0. The molecule has 0 atom stereocenters. The number of hydrogen-bond acceptors (Lipinski definition) is 0. The molecule has 0 fully saturated rings. The third-order valence-electron chi connectivity index (χ3n) is 29.9. The van der Waals surface area contributed by atoms with E-state index in [4.69, 9.17) is 0 Å². The Bertz CT molecular complexity index is 9860. The molecule has 144 heavy (non-hydrogen) atoms. The lowest BCUT2D eigenvalue weighted by Gasteiger charge is -2.19. The van der Waals surface area contributed by atoms with Crippen LogP contribution in [-0.4, -0.2) is 36.5 Å². The Labute approximate surface area is 838 Å². The van der Waals surface area contributed by atoms with Gasteiger partial charge in [0.2, 0.25) is 0 Å². The molecule has 0 aliphatic rings. The summed E-state index contributed by atoms with van der Waals surface area (Å²) in [5, 5.41) is 20.6. The Morgan fingerprint density at radius 1 is 0.118 bits per heavy atom. The highest BCUT2D eigenvalue weighted by Crippen LogP contribution is 2.50. The van der Waals surface area contributed by atoms with Crippen LogP contribution in [0.1, 0.15) is 105 Å². The summed E-state index contributed by atoms with van der Waals surface area (Å²) in [6.07, 6.45) is 0. The van der Waals surface area contributed by atoms with Gasteiger partial charge in [0.1, 0.15) is 0 Å². The fourth-order valence-corrected chi connectivity index (χ4v) is 22.9. The van der Waals surface area contributed by atoms with Crippen molar-refractivity contribution >= 4 is 174 Å². The average molecular weight is 1860 g/mol. The Morgan fingerprint density at radius 3 is 0.556 bits per heavy atom. The summed E-state index contributed by atoms with van der Waals surface area (Å²) in [6.45, 7) is 27.3. The van der Waals surface area contributed by atoms with Gasteiger partial charge in [-0.05, 0) is 226 Å². The molecule has 28 rings (SSSR count). The van der Waals surface area contributed by atoms with Crippen molar-refractivity contribution in [3.05, 3.63) is 483 Å². The number of aromatic nitrogens is 8. The molecule has 0 aliphatic carbocycles. The molecule has 8 nitrogen and oxygen atoms in total. The minimum atomic E-state index is 0.0649. The molecule has 0 radical (unpaired) electrons. The van der Waals surface area contributed by atoms with Crippen LogP contribution in [-0.2, 0) is 21.7 Å². The van der Waals surface area contributed by atoms with E-state index >= 15 is 0 Å². The van der Waals surface area contributed by atoms with Gasteiger partial charge in [-0.25, -0.2) is 0 Å². The third kappa shape index (κ3) is 14.5. The average Bonchev–Trinajstić information content (AvgIpc) is 1.57. The van der Waals surface area contributed by atoms with Crippen molar-refractivity contribution in [2.75, 3.05) is 0 Å². The quantitative estimate of drug-likeness (QED) is 0.145. The molecular weight excluding hydrogens is 1750 g/mol. The van der Waals surface area contributed by atoms with E-state index in [-0.39, 0.29) is 21.7 Å². The summed E-state index contributed by atoms with van der Waals surface area (Å²) < 4.78 is 19.4. The van der Waals surface area contributed by atoms with Crippen molar-refractivity contribution in [2.24, 2.45) is 0 Å². The molecule has 696 valence electrons. The minimum Gasteiger partial charge on any atom is -0.309 e. The summed E-state index contributed by atoms with van der Waals surface area (Å²) in [5.74, 6) is 0. The number of rotatable bonds is 8. The first-order chi connectivity index (χ1) is 70.1. The van der Waals surface area contributed by atoms with E-state index < -0.39 is 0 Å². The number of nitrogens with zero attached hydrogens (tertiary/aromatic N) is 8. The van der Waals surface area contributed by atoms with E-state index in [1.807, 2.05) is 0 Å². The van der Waals surface area contributed by atoms with Crippen LogP contribution in [0.15, 0.2) is 461 Å². The molecule has 0 saturated carbocycles. The van der Waals surface area contributed by atoms with Crippen molar-refractivity contribution in [1.29, 1.82) is 0 Å². The normalized spacial score (nSPS) is 12.3. The fourth-order valence-electron chi connectivity index (χ4n) is 22.9. The Balaban J connectivity index is 0.000000101. The van der Waals surface area contributed by atoms with Crippen LogP contribution >= 0.6 is 0 Å². The Kier molecular flexibility index (Phi) is 21.1. The summed E-state index contributed by atoms with van der Waals surface area (Å²) >= 11 is 0. The van der Waals surface area contributed by atoms with Gasteiger partial charge in [0.05, 0.1) is 88.3 Å². The SMILES string of the molecule is CC(C)(C)c1ccc(-n2c3ccccc3c3c2ccc2c4ccccc4n(-c4ccccc4)c23)cc1.CC(C)(C)c1ccc(-n2c3ccccc3c3ccc4c(c5ccccc5n4-c4ccccc4)c32)cc1.CC(C)(C)c1ccc2c(c1)c1c(ccc3c4ccccc4n(-c4ccccc4)c31)n2-c1ccccc1.CC(C)(C)c1ccc2c(c1)c1ccc3c(c4ccccc4n3-c3ccccc3)c1n2-c1ccccc1. The van der Waals surface area contributed by atoms with Crippen LogP contribution in [0.3, 0.4) is 0 Å². The molecule has 0 amide bonds.